The molecule has 0 aliphatic carbocycles. The molecule has 1 atom stereocenters. The van der Waals surface area contributed by atoms with Gasteiger partial charge in [-0.25, -0.2) is 0 Å². The molecule has 0 bridgehead atoms. The van der Waals surface area contributed by atoms with E-state index in [1.165, 1.54) is 0 Å². The second kappa shape index (κ2) is 4.53. The van der Waals surface area contributed by atoms with Gasteiger partial charge in [-0.3, -0.25) is 0 Å². The van der Waals surface area contributed by atoms with Crippen LogP contribution in [0.5, 0.6) is 0 Å². The zero-order chi connectivity index (χ0) is 11.5. The Bertz CT molecular complexity index is 314. The van der Waals surface area contributed by atoms with E-state index in [1.54, 1.807) is 0 Å². The highest BCUT2D eigenvalue weighted by Gasteiger charge is 2.17. The second-order valence-corrected chi connectivity index (χ2v) is 4.24. The van der Waals surface area contributed by atoms with E-state index < -0.39 is 5.60 Å². The first-order chi connectivity index (χ1) is 6.96. The third-order valence-corrected chi connectivity index (χ3v) is 2.71. The maximum Gasteiger partial charge on any atom is 0.0788 e. The molecule has 0 amide bonds. The van der Waals surface area contributed by atoms with E-state index in [0.717, 1.165) is 16.9 Å². The van der Waals surface area contributed by atoms with Crippen molar-refractivity contribution >= 4 is 11.4 Å². The molecule has 0 spiro atoms. The third kappa shape index (κ3) is 3.13. The fourth-order valence-electron chi connectivity index (χ4n) is 1.34. The first-order valence-electron chi connectivity index (χ1n) is 5.27. The van der Waals surface area contributed by atoms with Crippen molar-refractivity contribution in [3.63, 3.8) is 0 Å². The van der Waals surface area contributed by atoms with Gasteiger partial charge in [0.1, 0.15) is 0 Å². The molecule has 0 aliphatic rings. The fraction of sp³-hybridized carbons (Fsp3) is 0.500. The number of anilines is 2. The lowest BCUT2D eigenvalue weighted by Gasteiger charge is -2.23. The van der Waals surface area contributed by atoms with Crippen LogP contribution in [0.2, 0.25) is 0 Å². The van der Waals surface area contributed by atoms with Gasteiger partial charge < -0.3 is 16.2 Å². The highest BCUT2D eigenvalue weighted by Crippen LogP contribution is 2.23. The summed E-state index contributed by atoms with van der Waals surface area (Å²) in [5, 5.41) is 13.1. The Balaban J connectivity index is 2.73. The van der Waals surface area contributed by atoms with E-state index in [2.05, 4.69) is 5.32 Å². The lowest BCUT2D eigenvalue weighted by Crippen LogP contribution is -2.32. The largest absolute Gasteiger partial charge is 0.397 e. The molecule has 3 nitrogen and oxygen atoms in total. The Hall–Kier alpha value is -1.22. The van der Waals surface area contributed by atoms with Crippen LogP contribution in [0.1, 0.15) is 25.8 Å². The van der Waals surface area contributed by atoms with Gasteiger partial charge in [0.25, 0.3) is 0 Å². The van der Waals surface area contributed by atoms with Gasteiger partial charge in [-0.05, 0) is 31.9 Å². The van der Waals surface area contributed by atoms with Gasteiger partial charge in [-0.1, -0.05) is 19.1 Å². The molecule has 1 unspecified atom stereocenters. The predicted octanol–water partition coefficient (Wildman–Crippen LogP) is 2.15. The number of nitrogens with one attached hydrogen (secondary N) is 1. The molecule has 0 radical (unpaired) electrons. The van der Waals surface area contributed by atoms with Crippen molar-refractivity contribution in [3.05, 3.63) is 23.8 Å². The Kier molecular flexibility index (Phi) is 3.58. The molecule has 0 heterocycles. The summed E-state index contributed by atoms with van der Waals surface area (Å²) in [6.07, 6.45) is 0.714. The summed E-state index contributed by atoms with van der Waals surface area (Å²) in [5.74, 6) is 0. The van der Waals surface area contributed by atoms with Gasteiger partial charge in [0, 0.05) is 6.54 Å². The maximum absolute atomic E-state index is 9.86. The van der Waals surface area contributed by atoms with E-state index in [4.69, 9.17) is 5.73 Å². The molecule has 15 heavy (non-hydrogen) atoms. The van der Waals surface area contributed by atoms with Crippen LogP contribution < -0.4 is 11.1 Å². The minimum Gasteiger partial charge on any atom is -0.397 e. The zero-order valence-electron chi connectivity index (χ0n) is 9.67. The van der Waals surface area contributed by atoms with Gasteiger partial charge in [-0.15, -0.1) is 0 Å². The summed E-state index contributed by atoms with van der Waals surface area (Å²) in [4.78, 5) is 0. The molecule has 4 N–H and O–H groups in total. The number of nitrogen functional groups attached to an aromatic ring is 1. The number of nitrogens with two attached hydrogens (primary N) is 1. The van der Waals surface area contributed by atoms with Crippen LogP contribution >= 0.6 is 0 Å². The quantitative estimate of drug-likeness (QED) is 0.664. The predicted molar refractivity (Wildman–Crippen MR) is 65.0 cm³/mol. The van der Waals surface area contributed by atoms with E-state index in [-0.39, 0.29) is 0 Å². The highest BCUT2D eigenvalue weighted by atomic mass is 16.3. The van der Waals surface area contributed by atoms with Gasteiger partial charge >= 0.3 is 0 Å². The van der Waals surface area contributed by atoms with Crippen LogP contribution in [0.3, 0.4) is 0 Å². The van der Waals surface area contributed by atoms with Crippen LogP contribution in [-0.2, 0) is 0 Å². The molecular formula is C12H20N2O. The molecule has 0 aromatic heterocycles. The lowest BCUT2D eigenvalue weighted by atomic mass is 10.0. The van der Waals surface area contributed by atoms with Crippen LogP contribution in [0.4, 0.5) is 11.4 Å². The van der Waals surface area contributed by atoms with Crippen molar-refractivity contribution < 1.29 is 5.11 Å². The second-order valence-electron chi connectivity index (χ2n) is 4.24. The van der Waals surface area contributed by atoms with Crippen molar-refractivity contribution in [1.29, 1.82) is 0 Å². The van der Waals surface area contributed by atoms with Crippen LogP contribution in [0.25, 0.3) is 0 Å². The van der Waals surface area contributed by atoms with Crippen molar-refractivity contribution in [2.24, 2.45) is 0 Å². The van der Waals surface area contributed by atoms with Gasteiger partial charge in [0.2, 0.25) is 0 Å². The normalized spacial score (nSPS) is 14.7. The Morgan fingerprint density at radius 3 is 2.67 bits per heavy atom. The molecule has 1 rings (SSSR count). The Morgan fingerprint density at radius 1 is 1.47 bits per heavy atom. The summed E-state index contributed by atoms with van der Waals surface area (Å²) in [6.45, 7) is 6.29. The topological polar surface area (TPSA) is 58.3 Å². The number of hydrogen-bond acceptors (Lipinski definition) is 3. The number of para-hydroxylation sites is 1. The van der Waals surface area contributed by atoms with E-state index in [9.17, 15) is 5.11 Å². The van der Waals surface area contributed by atoms with Crippen LogP contribution in [-0.4, -0.2) is 17.3 Å². The standard InChI is InChI=1S/C12H20N2O/c1-4-12(3,15)8-14-11-9(2)6-5-7-10(11)13/h5-7,14-15H,4,8,13H2,1-3H3. The molecule has 0 aliphatic heterocycles. The monoisotopic (exact) mass is 208 g/mol. The van der Waals surface area contributed by atoms with Gasteiger partial charge in [0.15, 0.2) is 0 Å². The molecule has 0 saturated carbocycles. The van der Waals surface area contributed by atoms with Crippen molar-refractivity contribution in [2.75, 3.05) is 17.6 Å². The molecule has 3 heteroatoms. The van der Waals surface area contributed by atoms with Crippen LogP contribution in [0.15, 0.2) is 18.2 Å². The first-order valence-corrected chi connectivity index (χ1v) is 5.27. The zero-order valence-corrected chi connectivity index (χ0v) is 9.67. The fourth-order valence-corrected chi connectivity index (χ4v) is 1.34. The summed E-state index contributed by atoms with van der Waals surface area (Å²) in [7, 11) is 0. The van der Waals surface area contributed by atoms with Gasteiger partial charge in [-0.2, -0.15) is 0 Å². The molecule has 1 aromatic carbocycles. The summed E-state index contributed by atoms with van der Waals surface area (Å²) < 4.78 is 0. The number of hydrogen-bond donors (Lipinski definition) is 3. The highest BCUT2D eigenvalue weighted by molar-refractivity contribution is 5.69. The van der Waals surface area contributed by atoms with Gasteiger partial charge in [0.05, 0.1) is 17.0 Å². The molecule has 0 fully saturated rings. The smallest absolute Gasteiger partial charge is 0.0788 e. The summed E-state index contributed by atoms with van der Waals surface area (Å²) in [5.41, 5.74) is 7.91. The van der Waals surface area contributed by atoms with Crippen molar-refractivity contribution in [3.8, 4) is 0 Å². The van der Waals surface area contributed by atoms with E-state index in [1.807, 2.05) is 39.0 Å². The average Bonchev–Trinajstić information content (AvgIpc) is 2.17. The number of rotatable bonds is 4. The van der Waals surface area contributed by atoms with E-state index >= 15 is 0 Å². The third-order valence-electron chi connectivity index (χ3n) is 2.71. The minimum absolute atomic E-state index is 0.512. The van der Waals surface area contributed by atoms with Crippen molar-refractivity contribution in [2.45, 2.75) is 32.8 Å². The Morgan fingerprint density at radius 2 is 2.13 bits per heavy atom. The number of benzene rings is 1. The Labute approximate surface area is 91.3 Å². The first kappa shape index (κ1) is 11.9. The summed E-state index contributed by atoms with van der Waals surface area (Å²) in [6, 6.07) is 5.78. The molecular weight excluding hydrogens is 188 g/mol. The SMILES string of the molecule is CCC(C)(O)CNc1c(C)cccc1N. The maximum atomic E-state index is 9.86. The molecule has 1 aromatic rings. The average molecular weight is 208 g/mol. The van der Waals surface area contributed by atoms with E-state index in [0.29, 0.717) is 13.0 Å². The number of aliphatic hydroxyl groups is 1. The molecule has 0 saturated heterocycles. The van der Waals surface area contributed by atoms with Crippen LogP contribution in [0, 0.1) is 6.92 Å². The lowest BCUT2D eigenvalue weighted by molar-refractivity contribution is 0.0697. The summed E-state index contributed by atoms with van der Waals surface area (Å²) >= 11 is 0. The number of aryl methyl sites for hydroxylation is 1. The van der Waals surface area contributed by atoms with Crippen molar-refractivity contribution in [1.82, 2.24) is 0 Å². The molecule has 84 valence electrons. The minimum atomic E-state index is -0.686.